The summed E-state index contributed by atoms with van der Waals surface area (Å²) in [5.41, 5.74) is 3.09. The third kappa shape index (κ3) is 7.74. The Balaban J connectivity index is 1.34. The highest BCUT2D eigenvalue weighted by molar-refractivity contribution is 7.09. The number of para-hydroxylation sites is 1. The van der Waals surface area contributed by atoms with Crippen LogP contribution in [0.5, 0.6) is 0 Å². The molecule has 0 aliphatic carbocycles. The predicted molar refractivity (Wildman–Crippen MR) is 170 cm³/mol. The van der Waals surface area contributed by atoms with Crippen LogP contribution in [0.3, 0.4) is 0 Å². The molecule has 10 heteroatoms. The van der Waals surface area contributed by atoms with E-state index in [1.165, 1.54) is 4.90 Å². The fraction of sp³-hybridized carbons (Fsp3) is 0.353. The van der Waals surface area contributed by atoms with Gasteiger partial charge in [-0.25, -0.2) is 0 Å². The number of hydrogen-bond acceptors (Lipinski definition) is 6. The first kappa shape index (κ1) is 31.0. The lowest BCUT2D eigenvalue weighted by molar-refractivity contribution is -0.158. The van der Waals surface area contributed by atoms with Crippen molar-refractivity contribution >= 4 is 45.9 Å². The number of aromatic nitrogens is 1. The Hall–Kier alpha value is -4.44. The molecular formula is C34H38N4O5S. The maximum atomic E-state index is 13.9. The number of thiophene rings is 1. The Kier molecular flexibility index (Phi) is 10.5. The highest BCUT2D eigenvalue weighted by Crippen LogP contribution is 2.22. The number of nitrogens with zero attached hydrogens (tertiary/aromatic N) is 3. The molecule has 0 spiro atoms. The number of H-pyrrole nitrogens is 1. The van der Waals surface area contributed by atoms with E-state index in [1.807, 2.05) is 78.3 Å². The molecule has 1 N–H and O–H groups in total. The van der Waals surface area contributed by atoms with Crippen molar-refractivity contribution in [2.24, 2.45) is 0 Å². The maximum Gasteiger partial charge on any atom is 0.325 e. The molecule has 1 aliphatic rings. The second-order valence-electron chi connectivity index (χ2n) is 10.9. The Bertz CT molecular complexity index is 1570. The van der Waals surface area contributed by atoms with Crippen molar-refractivity contribution in [2.75, 3.05) is 39.3 Å². The first-order valence-corrected chi connectivity index (χ1v) is 15.9. The van der Waals surface area contributed by atoms with Crippen LogP contribution in [-0.2, 0) is 43.2 Å². The number of carbonyl (C=O) groups excluding carboxylic acids is 4. The van der Waals surface area contributed by atoms with Gasteiger partial charge in [0, 0.05) is 41.6 Å². The molecule has 0 radical (unpaired) electrons. The second kappa shape index (κ2) is 14.8. The summed E-state index contributed by atoms with van der Waals surface area (Å²) in [7, 11) is 0. The summed E-state index contributed by atoms with van der Waals surface area (Å²) < 4.78 is 5.17. The first-order chi connectivity index (χ1) is 21.4. The number of amides is 3. The summed E-state index contributed by atoms with van der Waals surface area (Å²) in [6.07, 6.45) is 3.42. The lowest BCUT2D eigenvalue weighted by atomic mass is 10.0. The highest BCUT2D eigenvalue weighted by Gasteiger charge is 2.41. The fourth-order valence-corrected chi connectivity index (χ4v) is 6.35. The number of aromatic amines is 1. The van der Waals surface area contributed by atoms with Gasteiger partial charge in [-0.2, -0.15) is 0 Å². The molecule has 5 rings (SSSR count). The van der Waals surface area contributed by atoms with E-state index in [0.29, 0.717) is 32.4 Å². The number of piperazine rings is 1. The number of fused-ring (bicyclic) bond motifs is 1. The predicted octanol–water partition coefficient (Wildman–Crippen LogP) is 4.08. The number of ether oxygens (including phenoxy) is 1. The fourth-order valence-electron chi connectivity index (χ4n) is 5.65. The zero-order chi connectivity index (χ0) is 30.9. The van der Waals surface area contributed by atoms with Crippen molar-refractivity contribution in [3.63, 3.8) is 0 Å². The molecule has 1 atom stereocenters. The molecule has 230 valence electrons. The van der Waals surface area contributed by atoms with Crippen molar-refractivity contribution in [1.82, 2.24) is 19.7 Å². The van der Waals surface area contributed by atoms with Crippen LogP contribution in [-0.4, -0.2) is 88.7 Å². The largest absolute Gasteiger partial charge is 0.465 e. The molecule has 0 saturated carbocycles. The Labute approximate surface area is 261 Å². The smallest absolute Gasteiger partial charge is 0.325 e. The summed E-state index contributed by atoms with van der Waals surface area (Å²) in [5.74, 6) is -1.30. The monoisotopic (exact) mass is 614 g/mol. The maximum absolute atomic E-state index is 13.9. The average Bonchev–Trinajstić information content (AvgIpc) is 3.71. The van der Waals surface area contributed by atoms with Gasteiger partial charge in [0.25, 0.3) is 0 Å². The van der Waals surface area contributed by atoms with Gasteiger partial charge in [0.1, 0.15) is 12.6 Å². The van der Waals surface area contributed by atoms with Crippen LogP contribution in [0.4, 0.5) is 0 Å². The quantitative estimate of drug-likeness (QED) is 0.216. The van der Waals surface area contributed by atoms with Crippen molar-refractivity contribution in [1.29, 1.82) is 0 Å². The van der Waals surface area contributed by atoms with E-state index in [4.69, 9.17) is 4.74 Å². The summed E-state index contributed by atoms with van der Waals surface area (Å²) >= 11 is 1.59. The van der Waals surface area contributed by atoms with Gasteiger partial charge >= 0.3 is 5.97 Å². The Morgan fingerprint density at radius 1 is 0.977 bits per heavy atom. The Morgan fingerprint density at radius 3 is 2.55 bits per heavy atom. The summed E-state index contributed by atoms with van der Waals surface area (Å²) in [6, 6.07) is 20.7. The van der Waals surface area contributed by atoms with Gasteiger partial charge in [0.2, 0.25) is 17.7 Å². The highest BCUT2D eigenvalue weighted by atomic mass is 32.1. The minimum Gasteiger partial charge on any atom is -0.465 e. The van der Waals surface area contributed by atoms with E-state index in [2.05, 4.69) is 4.98 Å². The van der Waals surface area contributed by atoms with Crippen LogP contribution in [0.25, 0.3) is 10.9 Å². The lowest BCUT2D eigenvalue weighted by Crippen LogP contribution is -2.61. The van der Waals surface area contributed by atoms with Gasteiger partial charge in [0.05, 0.1) is 19.6 Å². The van der Waals surface area contributed by atoms with Crippen molar-refractivity contribution in [2.45, 2.75) is 38.6 Å². The Morgan fingerprint density at radius 2 is 1.77 bits per heavy atom. The van der Waals surface area contributed by atoms with Crippen LogP contribution in [0.2, 0.25) is 0 Å². The van der Waals surface area contributed by atoms with Crippen LogP contribution in [0.15, 0.2) is 78.3 Å². The molecule has 2 aromatic heterocycles. The van der Waals surface area contributed by atoms with Crippen molar-refractivity contribution < 1.29 is 23.9 Å². The minimum atomic E-state index is -0.947. The summed E-state index contributed by atoms with van der Waals surface area (Å²) in [4.78, 5) is 62.8. The standard InChI is InChI=1S/C34H38N4O5S/c1-2-43-33(41)24-36(18-15-26-22-35-29-13-7-6-12-28(26)29)31(39)21-30-34(42)37(17-14-25-9-4-3-5-10-25)23-32(40)38(30)19-16-27-11-8-20-44-27/h3-13,20,22,30,35H,2,14-19,21,23-24H2,1H3. The van der Waals surface area contributed by atoms with Gasteiger partial charge in [-0.1, -0.05) is 54.6 Å². The molecule has 2 aromatic carbocycles. The van der Waals surface area contributed by atoms with Gasteiger partial charge in [0.15, 0.2) is 0 Å². The summed E-state index contributed by atoms with van der Waals surface area (Å²) in [5, 5.41) is 3.03. The number of nitrogens with one attached hydrogen (secondary N) is 1. The molecule has 1 fully saturated rings. The third-order valence-corrected chi connectivity index (χ3v) is 8.92. The molecule has 3 amide bonds. The number of hydrogen-bond donors (Lipinski definition) is 1. The molecule has 1 unspecified atom stereocenters. The van der Waals surface area contributed by atoms with E-state index in [0.717, 1.165) is 26.9 Å². The zero-order valence-corrected chi connectivity index (χ0v) is 25.8. The third-order valence-electron chi connectivity index (χ3n) is 7.98. The molecular weight excluding hydrogens is 576 g/mol. The van der Waals surface area contributed by atoms with Gasteiger partial charge in [-0.3, -0.25) is 19.2 Å². The number of benzene rings is 2. The SMILES string of the molecule is CCOC(=O)CN(CCc1c[nH]c2ccccc12)C(=O)CC1C(=O)N(CCc2ccccc2)CC(=O)N1CCc1cccs1. The van der Waals surface area contributed by atoms with Crippen LogP contribution in [0.1, 0.15) is 29.3 Å². The first-order valence-electron chi connectivity index (χ1n) is 15.1. The van der Waals surface area contributed by atoms with E-state index < -0.39 is 12.0 Å². The average molecular weight is 615 g/mol. The number of rotatable bonds is 14. The van der Waals surface area contributed by atoms with Crippen LogP contribution < -0.4 is 0 Å². The van der Waals surface area contributed by atoms with Gasteiger partial charge < -0.3 is 24.4 Å². The topological polar surface area (TPSA) is 103 Å². The van der Waals surface area contributed by atoms with Gasteiger partial charge in [-0.05, 0) is 54.8 Å². The molecule has 0 bridgehead atoms. The second-order valence-corrected chi connectivity index (χ2v) is 11.9. The zero-order valence-electron chi connectivity index (χ0n) is 24.9. The number of esters is 1. The van der Waals surface area contributed by atoms with E-state index in [-0.39, 0.29) is 50.4 Å². The van der Waals surface area contributed by atoms with Crippen molar-refractivity contribution in [3.8, 4) is 0 Å². The number of carbonyl (C=O) groups is 4. The lowest BCUT2D eigenvalue weighted by Gasteiger charge is -2.40. The molecule has 44 heavy (non-hydrogen) atoms. The van der Waals surface area contributed by atoms with Gasteiger partial charge in [-0.15, -0.1) is 11.3 Å². The minimum absolute atomic E-state index is 0.0199. The molecule has 9 nitrogen and oxygen atoms in total. The van der Waals surface area contributed by atoms with Crippen LogP contribution in [0, 0.1) is 0 Å². The molecule has 1 saturated heterocycles. The summed E-state index contributed by atoms with van der Waals surface area (Å²) in [6.45, 7) is 2.66. The molecule has 3 heterocycles. The van der Waals surface area contributed by atoms with E-state index >= 15 is 0 Å². The normalized spacial score (nSPS) is 15.2. The van der Waals surface area contributed by atoms with E-state index in [1.54, 1.807) is 28.1 Å². The van der Waals surface area contributed by atoms with Crippen LogP contribution >= 0.6 is 11.3 Å². The molecule has 1 aliphatic heterocycles. The van der Waals surface area contributed by atoms with Crippen molar-refractivity contribution in [3.05, 3.63) is 94.3 Å². The van der Waals surface area contributed by atoms with E-state index in [9.17, 15) is 19.2 Å². The molecule has 4 aromatic rings.